The van der Waals surface area contributed by atoms with E-state index < -0.39 is 0 Å². The zero-order valence-electron chi connectivity index (χ0n) is 12.7. The normalized spacial score (nSPS) is 17.7. The molecule has 1 aliphatic heterocycles. The van der Waals surface area contributed by atoms with Crippen LogP contribution in [-0.4, -0.2) is 40.1 Å². The number of carbonyl (C=O) groups is 1. The molecule has 4 nitrogen and oxygen atoms in total. The van der Waals surface area contributed by atoms with Crippen LogP contribution in [0.4, 0.5) is 0 Å². The van der Waals surface area contributed by atoms with Gasteiger partial charge in [-0.15, -0.1) is 0 Å². The minimum absolute atomic E-state index is 0.00884. The van der Waals surface area contributed by atoms with Crippen molar-refractivity contribution in [2.45, 2.75) is 25.8 Å². The number of likely N-dealkylation sites (tertiary alicyclic amines) is 1. The van der Waals surface area contributed by atoms with E-state index in [0.717, 1.165) is 36.1 Å². The molecule has 1 fully saturated rings. The van der Waals surface area contributed by atoms with E-state index in [1.54, 1.807) is 11.1 Å². The van der Waals surface area contributed by atoms with Crippen LogP contribution in [0, 0.1) is 6.92 Å². The van der Waals surface area contributed by atoms with Gasteiger partial charge in [0.1, 0.15) is 0 Å². The Bertz CT molecular complexity index is 667. The number of pyridine rings is 1. The molecule has 22 heavy (non-hydrogen) atoms. The molecule has 1 amide bonds. The summed E-state index contributed by atoms with van der Waals surface area (Å²) in [6, 6.07) is 9.62. The Balaban J connectivity index is 1.83. The van der Waals surface area contributed by atoms with Gasteiger partial charge in [-0.1, -0.05) is 12.1 Å². The largest absolute Gasteiger partial charge is 0.394 e. The standard InChI is InChI=1S/C18H20N2O2/c1-13-11-19-9-8-17(13)14-4-6-15(7-5-14)18(22)20-10-2-3-16(20)12-21/h4-9,11,16,21H,2-3,10,12H2,1H3/t16-/m0/s1. The predicted molar refractivity (Wildman–Crippen MR) is 85.6 cm³/mol. The summed E-state index contributed by atoms with van der Waals surface area (Å²) in [7, 11) is 0. The van der Waals surface area contributed by atoms with Crippen molar-refractivity contribution in [3.05, 3.63) is 53.9 Å². The van der Waals surface area contributed by atoms with Crippen molar-refractivity contribution < 1.29 is 9.90 Å². The number of rotatable bonds is 3. The average Bonchev–Trinajstić information content (AvgIpc) is 3.03. The molecule has 4 heteroatoms. The van der Waals surface area contributed by atoms with Gasteiger partial charge in [-0.2, -0.15) is 0 Å². The number of aromatic nitrogens is 1. The second kappa shape index (κ2) is 6.28. The van der Waals surface area contributed by atoms with Crippen molar-refractivity contribution in [2.24, 2.45) is 0 Å². The first kappa shape index (κ1) is 14.7. The fourth-order valence-electron chi connectivity index (χ4n) is 3.05. The lowest BCUT2D eigenvalue weighted by atomic mass is 10.0. The van der Waals surface area contributed by atoms with Gasteiger partial charge in [0.05, 0.1) is 12.6 Å². The van der Waals surface area contributed by atoms with E-state index in [0.29, 0.717) is 5.56 Å². The maximum Gasteiger partial charge on any atom is 0.254 e. The Kier molecular flexibility index (Phi) is 4.20. The third kappa shape index (κ3) is 2.74. The lowest BCUT2D eigenvalue weighted by Crippen LogP contribution is -2.37. The van der Waals surface area contributed by atoms with E-state index in [-0.39, 0.29) is 18.6 Å². The summed E-state index contributed by atoms with van der Waals surface area (Å²) in [5.74, 6) is 0.00884. The first-order valence-electron chi connectivity index (χ1n) is 7.63. The van der Waals surface area contributed by atoms with Gasteiger partial charge in [0.25, 0.3) is 5.91 Å². The molecule has 114 valence electrons. The van der Waals surface area contributed by atoms with Gasteiger partial charge >= 0.3 is 0 Å². The van der Waals surface area contributed by atoms with Crippen molar-refractivity contribution in [3.8, 4) is 11.1 Å². The number of amides is 1. The fourth-order valence-corrected chi connectivity index (χ4v) is 3.05. The highest BCUT2D eigenvalue weighted by Gasteiger charge is 2.28. The van der Waals surface area contributed by atoms with Crippen LogP contribution < -0.4 is 0 Å². The van der Waals surface area contributed by atoms with Crippen LogP contribution in [-0.2, 0) is 0 Å². The molecule has 1 aromatic heterocycles. The molecule has 1 atom stereocenters. The van der Waals surface area contributed by atoms with Gasteiger partial charge in [0.2, 0.25) is 0 Å². The van der Waals surface area contributed by atoms with Crippen LogP contribution in [0.3, 0.4) is 0 Å². The number of nitrogens with zero attached hydrogens (tertiary/aromatic N) is 2. The zero-order valence-corrected chi connectivity index (χ0v) is 12.7. The molecule has 3 rings (SSSR count). The minimum Gasteiger partial charge on any atom is -0.394 e. The molecular weight excluding hydrogens is 276 g/mol. The number of benzene rings is 1. The summed E-state index contributed by atoms with van der Waals surface area (Å²) in [4.78, 5) is 18.4. The molecule has 0 aliphatic carbocycles. The molecule has 2 aromatic rings. The molecule has 0 radical (unpaired) electrons. The van der Waals surface area contributed by atoms with E-state index in [9.17, 15) is 9.90 Å². The average molecular weight is 296 g/mol. The van der Waals surface area contributed by atoms with Crippen LogP contribution >= 0.6 is 0 Å². The molecule has 2 heterocycles. The molecule has 1 aliphatic rings. The number of hydrogen-bond donors (Lipinski definition) is 1. The van der Waals surface area contributed by atoms with Crippen LogP contribution in [0.2, 0.25) is 0 Å². The highest BCUT2D eigenvalue weighted by atomic mass is 16.3. The monoisotopic (exact) mass is 296 g/mol. The van der Waals surface area contributed by atoms with Crippen LogP contribution in [0.15, 0.2) is 42.7 Å². The van der Waals surface area contributed by atoms with Crippen LogP contribution in [0.25, 0.3) is 11.1 Å². The van der Waals surface area contributed by atoms with E-state index in [1.807, 2.05) is 43.5 Å². The second-order valence-electron chi connectivity index (χ2n) is 5.75. The lowest BCUT2D eigenvalue weighted by Gasteiger charge is -2.23. The van der Waals surface area contributed by atoms with Gasteiger partial charge in [-0.25, -0.2) is 0 Å². The Morgan fingerprint density at radius 1 is 1.32 bits per heavy atom. The minimum atomic E-state index is -0.0328. The van der Waals surface area contributed by atoms with Crippen LogP contribution in [0.1, 0.15) is 28.8 Å². The number of hydrogen-bond acceptors (Lipinski definition) is 3. The molecule has 0 spiro atoms. The topological polar surface area (TPSA) is 53.4 Å². The lowest BCUT2D eigenvalue weighted by molar-refractivity contribution is 0.0677. The maximum atomic E-state index is 12.5. The molecule has 0 unspecified atom stereocenters. The van der Waals surface area contributed by atoms with Gasteiger partial charge in [-0.05, 0) is 54.7 Å². The summed E-state index contributed by atoms with van der Waals surface area (Å²) in [5.41, 5.74) is 4.00. The highest BCUT2D eigenvalue weighted by Crippen LogP contribution is 2.24. The summed E-state index contributed by atoms with van der Waals surface area (Å²) in [6.07, 6.45) is 5.46. The Morgan fingerprint density at radius 3 is 2.77 bits per heavy atom. The van der Waals surface area contributed by atoms with E-state index in [4.69, 9.17) is 0 Å². The van der Waals surface area contributed by atoms with Gasteiger partial charge < -0.3 is 10.0 Å². The van der Waals surface area contributed by atoms with Crippen molar-refractivity contribution in [2.75, 3.05) is 13.2 Å². The molecular formula is C18H20N2O2. The van der Waals surface area contributed by atoms with Crippen molar-refractivity contribution in [1.29, 1.82) is 0 Å². The summed E-state index contributed by atoms with van der Waals surface area (Å²) in [5, 5.41) is 9.36. The zero-order chi connectivity index (χ0) is 15.5. The smallest absolute Gasteiger partial charge is 0.254 e. The summed E-state index contributed by atoms with van der Waals surface area (Å²) < 4.78 is 0. The Morgan fingerprint density at radius 2 is 2.09 bits per heavy atom. The third-order valence-corrected chi connectivity index (χ3v) is 4.31. The summed E-state index contributed by atoms with van der Waals surface area (Å²) >= 11 is 0. The number of aliphatic hydroxyl groups excluding tert-OH is 1. The van der Waals surface area contributed by atoms with E-state index >= 15 is 0 Å². The predicted octanol–water partition coefficient (Wildman–Crippen LogP) is 2.65. The van der Waals surface area contributed by atoms with Gasteiger partial charge in [-0.3, -0.25) is 9.78 Å². The van der Waals surface area contributed by atoms with Crippen molar-refractivity contribution in [1.82, 2.24) is 9.88 Å². The first-order chi connectivity index (χ1) is 10.7. The molecule has 1 N–H and O–H groups in total. The molecule has 1 saturated heterocycles. The SMILES string of the molecule is Cc1cnccc1-c1ccc(C(=O)N2CCC[C@H]2CO)cc1. The van der Waals surface area contributed by atoms with E-state index in [1.165, 1.54) is 0 Å². The fraction of sp³-hybridized carbons (Fsp3) is 0.333. The highest BCUT2D eigenvalue weighted by molar-refractivity contribution is 5.95. The maximum absolute atomic E-state index is 12.5. The number of carbonyl (C=O) groups excluding carboxylic acids is 1. The van der Waals surface area contributed by atoms with Crippen molar-refractivity contribution in [3.63, 3.8) is 0 Å². The molecule has 1 aromatic carbocycles. The van der Waals surface area contributed by atoms with Crippen LogP contribution in [0.5, 0.6) is 0 Å². The van der Waals surface area contributed by atoms with E-state index in [2.05, 4.69) is 4.98 Å². The van der Waals surface area contributed by atoms with Gasteiger partial charge in [0.15, 0.2) is 0 Å². The quantitative estimate of drug-likeness (QED) is 0.947. The van der Waals surface area contributed by atoms with Crippen molar-refractivity contribution >= 4 is 5.91 Å². The Labute approximate surface area is 130 Å². The summed E-state index contributed by atoms with van der Waals surface area (Å²) in [6.45, 7) is 2.80. The second-order valence-corrected chi connectivity index (χ2v) is 5.75. The number of aryl methyl sites for hydroxylation is 1. The number of aliphatic hydroxyl groups is 1. The molecule has 0 saturated carbocycles. The first-order valence-corrected chi connectivity index (χ1v) is 7.63. The third-order valence-electron chi connectivity index (χ3n) is 4.31. The Hall–Kier alpha value is -2.20. The molecule has 0 bridgehead atoms. The van der Waals surface area contributed by atoms with Gasteiger partial charge in [0, 0.05) is 24.5 Å².